The molecule has 4 heteroatoms. The van der Waals surface area contributed by atoms with Crippen LogP contribution in [0.2, 0.25) is 0 Å². The smallest absolute Gasteiger partial charge is 0.312 e. The molecule has 1 aromatic rings. The second-order valence-electron chi connectivity index (χ2n) is 5.76. The second kappa shape index (κ2) is 6.86. The van der Waals surface area contributed by atoms with Gasteiger partial charge in [-0.25, -0.2) is 0 Å². The zero-order valence-electron chi connectivity index (χ0n) is 12.3. The van der Waals surface area contributed by atoms with E-state index in [2.05, 4.69) is 23.8 Å². The van der Waals surface area contributed by atoms with Crippen LogP contribution < -0.4 is 0 Å². The fraction of sp³-hybridized carbons (Fsp3) is 0.562. The van der Waals surface area contributed by atoms with Crippen molar-refractivity contribution in [2.45, 2.75) is 25.3 Å². The third-order valence-electron chi connectivity index (χ3n) is 4.10. The number of rotatable bonds is 4. The summed E-state index contributed by atoms with van der Waals surface area (Å²) in [6.45, 7) is 5.84. The Morgan fingerprint density at radius 2 is 2.05 bits per heavy atom. The van der Waals surface area contributed by atoms with Crippen LogP contribution in [0.25, 0.3) is 0 Å². The van der Waals surface area contributed by atoms with E-state index >= 15 is 0 Å². The molecule has 0 bridgehead atoms. The quantitative estimate of drug-likeness (QED) is 0.912. The molecule has 2 atom stereocenters. The maximum Gasteiger partial charge on any atom is 0.312 e. The normalized spacial score (nSPS) is 23.2. The fourth-order valence-electron chi connectivity index (χ4n) is 2.94. The highest BCUT2D eigenvalue weighted by atomic mass is 16.4. The van der Waals surface area contributed by atoms with Crippen LogP contribution in [-0.4, -0.2) is 60.1 Å². The molecular formula is C16H24N2O2. The van der Waals surface area contributed by atoms with Crippen LogP contribution in [0.15, 0.2) is 30.3 Å². The topological polar surface area (TPSA) is 43.8 Å². The molecule has 2 unspecified atom stereocenters. The number of carboxylic acids is 1. The SMILES string of the molecule is CC1CN(C)CCCN1CC(C(=O)O)c1ccccc1. The summed E-state index contributed by atoms with van der Waals surface area (Å²) in [5.41, 5.74) is 0.893. The van der Waals surface area contributed by atoms with Crippen LogP contribution in [0.4, 0.5) is 0 Å². The Morgan fingerprint density at radius 3 is 2.70 bits per heavy atom. The first-order valence-corrected chi connectivity index (χ1v) is 7.28. The number of carboxylic acid groups (broad SMARTS) is 1. The molecule has 20 heavy (non-hydrogen) atoms. The highest BCUT2D eigenvalue weighted by molar-refractivity contribution is 5.76. The van der Waals surface area contributed by atoms with Gasteiger partial charge in [0.2, 0.25) is 0 Å². The van der Waals surface area contributed by atoms with Crippen molar-refractivity contribution < 1.29 is 9.90 Å². The van der Waals surface area contributed by atoms with Gasteiger partial charge in [-0.15, -0.1) is 0 Å². The van der Waals surface area contributed by atoms with E-state index in [1.54, 1.807) is 0 Å². The zero-order valence-corrected chi connectivity index (χ0v) is 12.3. The van der Waals surface area contributed by atoms with Crippen molar-refractivity contribution in [3.8, 4) is 0 Å². The van der Waals surface area contributed by atoms with Crippen molar-refractivity contribution in [1.29, 1.82) is 0 Å². The molecule has 1 saturated heterocycles. The van der Waals surface area contributed by atoms with E-state index in [1.807, 2.05) is 30.3 Å². The minimum absolute atomic E-state index is 0.396. The summed E-state index contributed by atoms with van der Waals surface area (Å²) in [5, 5.41) is 9.53. The van der Waals surface area contributed by atoms with Crippen LogP contribution in [0.1, 0.15) is 24.8 Å². The van der Waals surface area contributed by atoms with Gasteiger partial charge in [-0.05, 0) is 39.0 Å². The third kappa shape index (κ3) is 3.81. The Balaban J connectivity index is 2.10. The number of nitrogens with zero attached hydrogens (tertiary/aromatic N) is 2. The van der Waals surface area contributed by atoms with E-state index < -0.39 is 11.9 Å². The lowest BCUT2D eigenvalue weighted by atomic mass is 9.98. The summed E-state index contributed by atoms with van der Waals surface area (Å²) in [7, 11) is 2.13. The Hall–Kier alpha value is -1.39. The maximum absolute atomic E-state index is 11.6. The average Bonchev–Trinajstić information content (AvgIpc) is 2.57. The second-order valence-corrected chi connectivity index (χ2v) is 5.76. The first kappa shape index (κ1) is 15.0. The zero-order chi connectivity index (χ0) is 14.5. The van der Waals surface area contributed by atoms with E-state index in [1.165, 1.54) is 0 Å². The Kier molecular flexibility index (Phi) is 5.15. The number of hydrogen-bond acceptors (Lipinski definition) is 3. The van der Waals surface area contributed by atoms with Gasteiger partial charge in [-0.3, -0.25) is 9.69 Å². The largest absolute Gasteiger partial charge is 0.481 e. The summed E-state index contributed by atoms with van der Waals surface area (Å²) < 4.78 is 0. The molecule has 0 aliphatic carbocycles. The van der Waals surface area contributed by atoms with Gasteiger partial charge in [0.1, 0.15) is 0 Å². The molecule has 4 nitrogen and oxygen atoms in total. The Morgan fingerprint density at radius 1 is 1.35 bits per heavy atom. The van der Waals surface area contributed by atoms with E-state index in [0.717, 1.165) is 31.6 Å². The van der Waals surface area contributed by atoms with Crippen LogP contribution in [0, 0.1) is 0 Å². The summed E-state index contributed by atoms with van der Waals surface area (Å²) in [6, 6.07) is 9.95. The number of benzene rings is 1. The molecule has 1 fully saturated rings. The van der Waals surface area contributed by atoms with E-state index in [0.29, 0.717) is 12.6 Å². The molecule has 1 N–H and O–H groups in total. The molecule has 0 amide bonds. The number of aliphatic carboxylic acids is 1. The molecule has 0 saturated carbocycles. The van der Waals surface area contributed by atoms with Crippen molar-refractivity contribution in [3.63, 3.8) is 0 Å². The van der Waals surface area contributed by atoms with Gasteiger partial charge in [0.05, 0.1) is 5.92 Å². The number of carbonyl (C=O) groups is 1. The molecule has 110 valence electrons. The van der Waals surface area contributed by atoms with Crippen molar-refractivity contribution >= 4 is 5.97 Å². The van der Waals surface area contributed by atoms with Crippen LogP contribution >= 0.6 is 0 Å². The van der Waals surface area contributed by atoms with Crippen LogP contribution in [0.5, 0.6) is 0 Å². The first-order valence-electron chi connectivity index (χ1n) is 7.28. The number of likely N-dealkylation sites (N-methyl/N-ethyl adjacent to an activating group) is 1. The maximum atomic E-state index is 11.6. The van der Waals surface area contributed by atoms with E-state index in [4.69, 9.17) is 0 Å². The fourth-order valence-corrected chi connectivity index (χ4v) is 2.94. The Bertz CT molecular complexity index is 435. The lowest BCUT2D eigenvalue weighted by Crippen LogP contribution is -2.41. The predicted molar refractivity (Wildman–Crippen MR) is 80.0 cm³/mol. The minimum atomic E-state index is -0.735. The molecule has 1 aromatic carbocycles. The van der Waals surface area contributed by atoms with Gasteiger partial charge < -0.3 is 10.0 Å². The monoisotopic (exact) mass is 276 g/mol. The Labute approximate surface area is 121 Å². The van der Waals surface area contributed by atoms with Gasteiger partial charge in [0, 0.05) is 19.1 Å². The van der Waals surface area contributed by atoms with Gasteiger partial charge in [0.15, 0.2) is 0 Å². The van der Waals surface area contributed by atoms with E-state index in [-0.39, 0.29) is 0 Å². The van der Waals surface area contributed by atoms with Crippen molar-refractivity contribution in [2.24, 2.45) is 0 Å². The van der Waals surface area contributed by atoms with Gasteiger partial charge >= 0.3 is 5.97 Å². The molecule has 1 heterocycles. The molecule has 0 aromatic heterocycles. The highest BCUT2D eigenvalue weighted by Crippen LogP contribution is 2.20. The van der Waals surface area contributed by atoms with Crippen molar-refractivity contribution in [2.75, 3.05) is 33.2 Å². The van der Waals surface area contributed by atoms with Crippen LogP contribution in [0.3, 0.4) is 0 Å². The highest BCUT2D eigenvalue weighted by Gasteiger charge is 2.27. The predicted octanol–water partition coefficient (Wildman–Crippen LogP) is 1.88. The van der Waals surface area contributed by atoms with Crippen molar-refractivity contribution in [3.05, 3.63) is 35.9 Å². The summed E-state index contributed by atoms with van der Waals surface area (Å²) >= 11 is 0. The lowest BCUT2D eigenvalue weighted by molar-refractivity contribution is -0.139. The standard InChI is InChI=1S/C16H24N2O2/c1-13-11-17(2)9-6-10-18(13)12-15(16(19)20)14-7-4-3-5-8-14/h3-5,7-8,13,15H,6,9-12H2,1-2H3,(H,19,20). The van der Waals surface area contributed by atoms with Gasteiger partial charge in [-0.2, -0.15) is 0 Å². The first-order chi connectivity index (χ1) is 9.58. The lowest BCUT2D eigenvalue weighted by Gasteiger charge is -2.30. The van der Waals surface area contributed by atoms with Crippen LogP contribution in [-0.2, 0) is 4.79 Å². The number of hydrogen-bond donors (Lipinski definition) is 1. The summed E-state index contributed by atoms with van der Waals surface area (Å²) in [6.07, 6.45) is 1.10. The van der Waals surface area contributed by atoms with Gasteiger partial charge in [0.25, 0.3) is 0 Å². The summed E-state index contributed by atoms with van der Waals surface area (Å²) in [4.78, 5) is 16.2. The van der Waals surface area contributed by atoms with Crippen molar-refractivity contribution in [1.82, 2.24) is 9.80 Å². The molecular weight excluding hydrogens is 252 g/mol. The third-order valence-corrected chi connectivity index (χ3v) is 4.10. The van der Waals surface area contributed by atoms with Gasteiger partial charge in [-0.1, -0.05) is 30.3 Å². The molecule has 0 radical (unpaired) electrons. The molecule has 0 spiro atoms. The minimum Gasteiger partial charge on any atom is -0.481 e. The van der Waals surface area contributed by atoms with E-state index in [9.17, 15) is 9.90 Å². The average molecular weight is 276 g/mol. The summed E-state index contributed by atoms with van der Waals surface area (Å²) in [5.74, 6) is -1.18. The molecule has 1 aliphatic heterocycles. The molecule has 2 rings (SSSR count). The molecule has 1 aliphatic rings.